The fraction of sp³-hybridized carbons (Fsp3) is 0.688. The monoisotopic (exact) mass is 259 g/mol. The Morgan fingerprint density at radius 1 is 1.26 bits per heavy atom. The zero-order valence-electron chi connectivity index (χ0n) is 11.9. The quantitative estimate of drug-likeness (QED) is 0.901. The van der Waals surface area contributed by atoms with Crippen molar-refractivity contribution in [1.29, 1.82) is 0 Å². The number of aromatic nitrogens is 1. The van der Waals surface area contributed by atoms with Crippen LogP contribution in [0, 0.1) is 5.92 Å². The summed E-state index contributed by atoms with van der Waals surface area (Å²) in [7, 11) is 0. The molecule has 2 unspecified atom stereocenters. The first-order chi connectivity index (χ1) is 9.38. The number of nitrogens with one attached hydrogen (secondary N) is 1. The minimum Gasteiger partial charge on any atom is -0.353 e. The molecule has 1 saturated heterocycles. The molecule has 3 rings (SSSR count). The highest BCUT2D eigenvalue weighted by atomic mass is 15.2. The van der Waals surface area contributed by atoms with Crippen molar-refractivity contribution in [1.82, 2.24) is 10.3 Å². The molecule has 0 spiro atoms. The van der Waals surface area contributed by atoms with Crippen molar-refractivity contribution < 1.29 is 0 Å². The van der Waals surface area contributed by atoms with Gasteiger partial charge in [0.05, 0.1) is 0 Å². The Kier molecular flexibility index (Phi) is 4.02. The zero-order chi connectivity index (χ0) is 13.1. The highest BCUT2D eigenvalue weighted by molar-refractivity contribution is 5.42. The van der Waals surface area contributed by atoms with Crippen molar-refractivity contribution in [3.8, 4) is 0 Å². The molecule has 2 atom stereocenters. The van der Waals surface area contributed by atoms with Crippen molar-refractivity contribution >= 4 is 5.82 Å². The van der Waals surface area contributed by atoms with Crippen LogP contribution in [0.5, 0.6) is 0 Å². The van der Waals surface area contributed by atoms with Gasteiger partial charge in [-0.3, -0.25) is 0 Å². The fourth-order valence-corrected chi connectivity index (χ4v) is 3.65. The number of anilines is 1. The van der Waals surface area contributed by atoms with Crippen molar-refractivity contribution in [3.05, 3.63) is 23.9 Å². The van der Waals surface area contributed by atoms with Gasteiger partial charge in [-0.25, -0.2) is 4.98 Å². The van der Waals surface area contributed by atoms with Crippen molar-refractivity contribution in [3.63, 3.8) is 0 Å². The smallest absolute Gasteiger partial charge is 0.128 e. The third-order valence-corrected chi connectivity index (χ3v) is 4.69. The molecule has 1 aliphatic carbocycles. The molecule has 0 amide bonds. The molecule has 1 N–H and O–H groups in total. The summed E-state index contributed by atoms with van der Waals surface area (Å²) in [4.78, 5) is 7.25. The molecule has 0 bridgehead atoms. The lowest BCUT2D eigenvalue weighted by atomic mass is 9.85. The third-order valence-electron chi connectivity index (χ3n) is 4.69. The molecule has 2 heterocycles. The largest absolute Gasteiger partial charge is 0.353 e. The predicted molar refractivity (Wildman–Crippen MR) is 79.3 cm³/mol. The molecule has 2 fully saturated rings. The van der Waals surface area contributed by atoms with Gasteiger partial charge < -0.3 is 10.2 Å². The summed E-state index contributed by atoms with van der Waals surface area (Å²) < 4.78 is 0. The maximum absolute atomic E-state index is 4.69. The van der Waals surface area contributed by atoms with Crippen LogP contribution in [0.2, 0.25) is 0 Å². The van der Waals surface area contributed by atoms with Crippen molar-refractivity contribution in [2.24, 2.45) is 5.92 Å². The van der Waals surface area contributed by atoms with Gasteiger partial charge >= 0.3 is 0 Å². The molecule has 1 aromatic rings. The van der Waals surface area contributed by atoms with Crippen LogP contribution in [-0.2, 0) is 6.54 Å². The van der Waals surface area contributed by atoms with E-state index in [4.69, 9.17) is 4.98 Å². The Balaban J connectivity index is 1.68. The maximum atomic E-state index is 4.69. The minimum atomic E-state index is 0.765. The van der Waals surface area contributed by atoms with E-state index < -0.39 is 0 Å². The minimum absolute atomic E-state index is 0.765. The molecule has 2 aliphatic rings. The lowest BCUT2D eigenvalue weighted by Crippen LogP contribution is -2.35. The molecular weight excluding hydrogens is 234 g/mol. The molecule has 1 aromatic heterocycles. The summed E-state index contributed by atoms with van der Waals surface area (Å²) in [6.45, 7) is 5.28. The number of fused-ring (bicyclic) bond motifs is 1. The summed E-state index contributed by atoms with van der Waals surface area (Å²) >= 11 is 0. The highest BCUT2D eigenvalue weighted by Gasteiger charge is 2.36. The molecule has 3 heteroatoms. The number of rotatable bonds is 4. The summed E-state index contributed by atoms with van der Waals surface area (Å²) in [5.74, 6) is 2.12. The van der Waals surface area contributed by atoms with Gasteiger partial charge in [-0.05, 0) is 43.4 Å². The normalized spacial score (nSPS) is 26.5. The van der Waals surface area contributed by atoms with E-state index in [0.717, 1.165) is 25.0 Å². The zero-order valence-corrected chi connectivity index (χ0v) is 11.9. The lowest BCUT2D eigenvalue weighted by molar-refractivity contribution is 0.341. The average molecular weight is 259 g/mol. The van der Waals surface area contributed by atoms with Crippen LogP contribution in [-0.4, -0.2) is 24.1 Å². The second kappa shape index (κ2) is 5.91. The van der Waals surface area contributed by atoms with Crippen LogP contribution in [0.3, 0.4) is 0 Å². The number of nitrogens with zero attached hydrogens (tertiary/aromatic N) is 2. The van der Waals surface area contributed by atoms with E-state index in [1.165, 1.54) is 50.0 Å². The lowest BCUT2D eigenvalue weighted by Gasteiger charge is -2.32. The Hall–Kier alpha value is -1.09. The van der Waals surface area contributed by atoms with Gasteiger partial charge in [-0.2, -0.15) is 0 Å². The maximum Gasteiger partial charge on any atom is 0.128 e. The topological polar surface area (TPSA) is 28.2 Å². The van der Waals surface area contributed by atoms with Gasteiger partial charge in [0, 0.05) is 25.3 Å². The Labute approximate surface area is 116 Å². The molecule has 1 saturated carbocycles. The van der Waals surface area contributed by atoms with Crippen molar-refractivity contribution in [2.75, 3.05) is 18.0 Å². The average Bonchev–Trinajstić information content (AvgIpc) is 2.90. The van der Waals surface area contributed by atoms with Crippen LogP contribution in [0.1, 0.15) is 44.6 Å². The molecule has 3 nitrogen and oxygen atoms in total. The van der Waals surface area contributed by atoms with Gasteiger partial charge in [-0.1, -0.05) is 25.8 Å². The van der Waals surface area contributed by atoms with Gasteiger partial charge in [0.25, 0.3) is 0 Å². The Bertz CT molecular complexity index is 401. The van der Waals surface area contributed by atoms with E-state index in [1.54, 1.807) is 0 Å². The van der Waals surface area contributed by atoms with E-state index in [9.17, 15) is 0 Å². The number of pyridine rings is 1. The fourth-order valence-electron chi connectivity index (χ4n) is 3.65. The van der Waals surface area contributed by atoms with E-state index >= 15 is 0 Å². The SMILES string of the molecule is CCNCc1ccc(N2CCC3CCCCC32)nc1. The van der Waals surface area contributed by atoms with Gasteiger partial charge in [-0.15, -0.1) is 0 Å². The van der Waals surface area contributed by atoms with Gasteiger partial charge in [0.1, 0.15) is 5.82 Å². The highest BCUT2D eigenvalue weighted by Crippen LogP contribution is 2.38. The number of hydrogen-bond donors (Lipinski definition) is 1. The molecule has 0 radical (unpaired) electrons. The molecule has 19 heavy (non-hydrogen) atoms. The van der Waals surface area contributed by atoms with Crippen LogP contribution < -0.4 is 10.2 Å². The third kappa shape index (κ3) is 2.76. The van der Waals surface area contributed by atoms with Crippen LogP contribution >= 0.6 is 0 Å². The second-order valence-corrected chi connectivity index (χ2v) is 5.90. The van der Waals surface area contributed by atoms with E-state index in [-0.39, 0.29) is 0 Å². The summed E-state index contributed by atoms with van der Waals surface area (Å²) in [5, 5.41) is 3.35. The second-order valence-electron chi connectivity index (χ2n) is 5.90. The first kappa shape index (κ1) is 12.9. The van der Waals surface area contributed by atoms with Crippen LogP contribution in [0.15, 0.2) is 18.3 Å². The summed E-state index contributed by atoms with van der Waals surface area (Å²) in [5.41, 5.74) is 1.28. The van der Waals surface area contributed by atoms with Gasteiger partial charge in [0.15, 0.2) is 0 Å². The molecule has 0 aromatic carbocycles. The predicted octanol–water partition coefficient (Wildman–Crippen LogP) is 2.96. The van der Waals surface area contributed by atoms with Crippen LogP contribution in [0.25, 0.3) is 0 Å². The molecule has 1 aliphatic heterocycles. The van der Waals surface area contributed by atoms with E-state index in [1.807, 2.05) is 6.20 Å². The first-order valence-electron chi connectivity index (χ1n) is 7.81. The van der Waals surface area contributed by atoms with E-state index in [0.29, 0.717) is 0 Å². The summed E-state index contributed by atoms with van der Waals surface area (Å²) in [6, 6.07) is 5.20. The Morgan fingerprint density at radius 3 is 2.95 bits per heavy atom. The first-order valence-corrected chi connectivity index (χ1v) is 7.81. The van der Waals surface area contributed by atoms with E-state index in [2.05, 4.69) is 29.3 Å². The molecule has 104 valence electrons. The van der Waals surface area contributed by atoms with Crippen LogP contribution in [0.4, 0.5) is 5.82 Å². The molecular formula is C16H25N3. The standard InChI is InChI=1S/C16H25N3/c1-2-17-11-13-7-8-16(18-12-13)19-10-9-14-5-3-4-6-15(14)19/h7-8,12,14-15,17H,2-6,9-11H2,1H3. The number of hydrogen-bond acceptors (Lipinski definition) is 3. The van der Waals surface area contributed by atoms with Crippen molar-refractivity contribution in [2.45, 2.75) is 51.6 Å². The van der Waals surface area contributed by atoms with Gasteiger partial charge in [0.2, 0.25) is 0 Å². The summed E-state index contributed by atoms with van der Waals surface area (Å²) in [6.07, 6.45) is 9.03. The Morgan fingerprint density at radius 2 is 2.16 bits per heavy atom.